The lowest BCUT2D eigenvalue weighted by Gasteiger charge is -2.24. The van der Waals surface area contributed by atoms with Crippen LogP contribution in [-0.2, 0) is 6.42 Å². The van der Waals surface area contributed by atoms with Crippen molar-refractivity contribution in [3.8, 4) is 0 Å². The molecule has 2 saturated heterocycles. The van der Waals surface area contributed by atoms with E-state index in [1.165, 1.54) is 18.2 Å². The van der Waals surface area contributed by atoms with E-state index in [1.54, 1.807) is 4.90 Å². The van der Waals surface area contributed by atoms with Crippen LogP contribution in [0.25, 0.3) is 0 Å². The van der Waals surface area contributed by atoms with Gasteiger partial charge in [0.25, 0.3) is 11.8 Å². The number of carbonyl (C=O) groups is 2. The molecule has 2 heterocycles. The van der Waals surface area contributed by atoms with E-state index in [4.69, 9.17) is 11.6 Å². The summed E-state index contributed by atoms with van der Waals surface area (Å²) in [5.74, 6) is -2.43. The summed E-state index contributed by atoms with van der Waals surface area (Å²) in [6.45, 7) is 3.13. The molecular formula is C29H27ClF3N3O2. The van der Waals surface area contributed by atoms with Crippen LogP contribution in [0.15, 0.2) is 60.7 Å². The number of carbonyl (C=O) groups excluding carboxylic acids is 2. The number of nitrogens with zero attached hydrogens (tertiary/aromatic N) is 2. The second-order valence-electron chi connectivity index (χ2n) is 9.92. The number of amides is 2. The molecule has 2 atom stereocenters. The Morgan fingerprint density at radius 2 is 1.58 bits per heavy atom. The van der Waals surface area contributed by atoms with Gasteiger partial charge in [-0.1, -0.05) is 29.8 Å². The molecule has 2 aliphatic rings. The number of hydrogen-bond acceptors (Lipinski definition) is 3. The summed E-state index contributed by atoms with van der Waals surface area (Å²) in [6, 6.07) is 15.3. The van der Waals surface area contributed by atoms with Crippen molar-refractivity contribution >= 4 is 29.1 Å². The fraction of sp³-hybridized carbons (Fsp3) is 0.310. The molecule has 2 aliphatic heterocycles. The predicted octanol–water partition coefficient (Wildman–Crippen LogP) is 5.33. The van der Waals surface area contributed by atoms with E-state index in [-0.39, 0.29) is 22.1 Å². The molecule has 2 fully saturated rings. The maximum Gasteiger partial charge on any atom is 0.258 e. The van der Waals surface area contributed by atoms with Gasteiger partial charge in [-0.05, 0) is 54.8 Å². The third-order valence-corrected chi connectivity index (χ3v) is 7.59. The quantitative estimate of drug-likeness (QED) is 0.412. The summed E-state index contributed by atoms with van der Waals surface area (Å²) in [4.78, 5) is 29.1. The minimum Gasteiger partial charge on any atom is -0.371 e. The number of hydrogen-bond donors (Lipinski definition) is 1. The lowest BCUT2D eigenvalue weighted by atomic mass is 10.0. The third-order valence-electron chi connectivity index (χ3n) is 7.28. The van der Waals surface area contributed by atoms with Crippen molar-refractivity contribution in [2.45, 2.75) is 12.8 Å². The van der Waals surface area contributed by atoms with E-state index in [0.717, 1.165) is 49.0 Å². The first-order valence-corrected chi connectivity index (χ1v) is 13.0. The maximum atomic E-state index is 14.2. The smallest absolute Gasteiger partial charge is 0.258 e. The first-order chi connectivity index (χ1) is 18.3. The zero-order valence-corrected chi connectivity index (χ0v) is 21.4. The Labute approximate surface area is 224 Å². The molecule has 0 saturated carbocycles. The lowest BCUT2D eigenvalue weighted by molar-refractivity contribution is 0.0777. The largest absolute Gasteiger partial charge is 0.371 e. The number of benzene rings is 3. The van der Waals surface area contributed by atoms with E-state index in [2.05, 4.69) is 22.3 Å². The van der Waals surface area contributed by atoms with Gasteiger partial charge in [0, 0.05) is 61.9 Å². The van der Waals surface area contributed by atoms with Crippen molar-refractivity contribution in [1.82, 2.24) is 10.2 Å². The van der Waals surface area contributed by atoms with Crippen LogP contribution in [0.4, 0.5) is 18.9 Å². The zero-order chi connectivity index (χ0) is 26.8. The summed E-state index contributed by atoms with van der Waals surface area (Å²) in [7, 11) is 0. The first-order valence-electron chi connectivity index (χ1n) is 12.6. The molecule has 0 aromatic heterocycles. The Hall–Kier alpha value is -3.52. The van der Waals surface area contributed by atoms with Gasteiger partial charge < -0.3 is 15.1 Å². The standard InChI is InChI=1S/C29H27ClF3N3O2/c30-25-7-2-8-26(33)27(25)29(38)36-16-20-14-35(15-21(20)17-36)24-6-1-4-18(10-24)5-3-9-34-28(37)19-11-22(31)13-23(32)12-19/h1-2,4,6-8,10-13,20-21H,3,5,9,14-17H2,(H,34,37). The Morgan fingerprint density at radius 1 is 0.895 bits per heavy atom. The van der Waals surface area contributed by atoms with Crippen molar-refractivity contribution in [3.63, 3.8) is 0 Å². The molecule has 9 heteroatoms. The number of anilines is 1. The highest BCUT2D eigenvalue weighted by atomic mass is 35.5. The maximum absolute atomic E-state index is 14.2. The molecule has 0 bridgehead atoms. The molecule has 0 aliphatic carbocycles. The van der Waals surface area contributed by atoms with E-state index in [9.17, 15) is 22.8 Å². The number of rotatable bonds is 7. The van der Waals surface area contributed by atoms with Crippen LogP contribution in [-0.4, -0.2) is 49.4 Å². The molecule has 5 rings (SSSR count). The second kappa shape index (κ2) is 11.1. The van der Waals surface area contributed by atoms with Crippen LogP contribution >= 0.6 is 11.6 Å². The molecule has 3 aromatic rings. The Kier molecular flexibility index (Phi) is 7.61. The number of halogens is 4. The van der Waals surface area contributed by atoms with Gasteiger partial charge >= 0.3 is 0 Å². The molecule has 0 radical (unpaired) electrons. The van der Waals surface area contributed by atoms with E-state index < -0.39 is 23.4 Å². The van der Waals surface area contributed by atoms with Gasteiger partial charge in [0.05, 0.1) is 10.6 Å². The molecule has 2 amide bonds. The molecule has 0 spiro atoms. The SMILES string of the molecule is O=C(NCCCc1cccc(N2CC3CN(C(=O)c4c(F)cccc4Cl)CC3C2)c1)c1cc(F)cc(F)c1. The van der Waals surface area contributed by atoms with Gasteiger partial charge in [-0.2, -0.15) is 0 Å². The Morgan fingerprint density at radius 3 is 2.26 bits per heavy atom. The molecule has 3 aromatic carbocycles. The minimum atomic E-state index is -0.785. The Balaban J connectivity index is 1.12. The van der Waals surface area contributed by atoms with Crippen molar-refractivity contribution < 1.29 is 22.8 Å². The first kappa shape index (κ1) is 26.1. The van der Waals surface area contributed by atoms with Crippen LogP contribution in [0.5, 0.6) is 0 Å². The predicted molar refractivity (Wildman–Crippen MR) is 140 cm³/mol. The number of aryl methyl sites for hydroxylation is 1. The number of nitrogens with one attached hydrogen (secondary N) is 1. The second-order valence-corrected chi connectivity index (χ2v) is 10.3. The molecule has 198 valence electrons. The van der Waals surface area contributed by atoms with Gasteiger partial charge in [0.15, 0.2) is 0 Å². The van der Waals surface area contributed by atoms with Crippen molar-refractivity contribution in [3.05, 3.63) is 99.8 Å². The lowest BCUT2D eigenvalue weighted by Crippen LogP contribution is -2.34. The number of likely N-dealkylation sites (tertiary alicyclic amines) is 1. The van der Waals surface area contributed by atoms with E-state index in [1.807, 2.05) is 12.1 Å². The van der Waals surface area contributed by atoms with Crippen molar-refractivity contribution in [2.75, 3.05) is 37.6 Å². The van der Waals surface area contributed by atoms with Crippen molar-refractivity contribution in [2.24, 2.45) is 11.8 Å². The third kappa shape index (κ3) is 5.65. The van der Waals surface area contributed by atoms with Gasteiger partial charge in [-0.3, -0.25) is 9.59 Å². The molecule has 38 heavy (non-hydrogen) atoms. The van der Waals surface area contributed by atoms with Gasteiger partial charge in [-0.15, -0.1) is 0 Å². The normalized spacial score (nSPS) is 18.5. The van der Waals surface area contributed by atoms with Crippen LogP contribution in [0.1, 0.15) is 32.7 Å². The highest BCUT2D eigenvalue weighted by Crippen LogP contribution is 2.35. The van der Waals surface area contributed by atoms with Crippen LogP contribution in [0, 0.1) is 29.3 Å². The van der Waals surface area contributed by atoms with Crippen molar-refractivity contribution in [1.29, 1.82) is 0 Å². The highest BCUT2D eigenvalue weighted by Gasteiger charge is 2.42. The average Bonchev–Trinajstić information content (AvgIpc) is 3.46. The molecular weight excluding hydrogens is 515 g/mol. The van der Waals surface area contributed by atoms with E-state index in [0.29, 0.717) is 37.9 Å². The summed E-state index contributed by atoms with van der Waals surface area (Å²) in [6.07, 6.45) is 1.41. The fourth-order valence-electron chi connectivity index (χ4n) is 5.42. The van der Waals surface area contributed by atoms with Gasteiger partial charge in [0.2, 0.25) is 0 Å². The molecule has 5 nitrogen and oxygen atoms in total. The topological polar surface area (TPSA) is 52.7 Å². The summed E-state index contributed by atoms with van der Waals surface area (Å²) in [5, 5.41) is 2.84. The molecule has 2 unspecified atom stereocenters. The van der Waals surface area contributed by atoms with Gasteiger partial charge in [0.1, 0.15) is 17.5 Å². The van der Waals surface area contributed by atoms with Crippen LogP contribution in [0.3, 0.4) is 0 Å². The molecule has 1 N–H and O–H groups in total. The fourth-order valence-corrected chi connectivity index (χ4v) is 5.66. The highest BCUT2D eigenvalue weighted by molar-refractivity contribution is 6.33. The average molecular weight is 542 g/mol. The van der Waals surface area contributed by atoms with Crippen LogP contribution in [0.2, 0.25) is 5.02 Å². The summed E-state index contributed by atoms with van der Waals surface area (Å²) in [5.41, 5.74) is 2.13. The monoisotopic (exact) mass is 541 g/mol. The zero-order valence-electron chi connectivity index (χ0n) is 20.6. The van der Waals surface area contributed by atoms with E-state index >= 15 is 0 Å². The summed E-state index contributed by atoms with van der Waals surface area (Å²) < 4.78 is 40.9. The van der Waals surface area contributed by atoms with Crippen LogP contribution < -0.4 is 10.2 Å². The number of fused-ring (bicyclic) bond motifs is 1. The summed E-state index contributed by atoms with van der Waals surface area (Å²) >= 11 is 6.10. The Bertz CT molecular complexity index is 1310. The van der Waals surface area contributed by atoms with Gasteiger partial charge in [-0.25, -0.2) is 13.2 Å². The minimum absolute atomic E-state index is 0.0404.